The number of halogens is 4. The number of ether oxygens (including phenoxy) is 2. The molecule has 0 atom stereocenters. The summed E-state index contributed by atoms with van der Waals surface area (Å²) >= 11 is 5.77. The third kappa shape index (κ3) is 4.79. The molecule has 0 fully saturated rings. The number of aromatic nitrogens is 4. The van der Waals surface area contributed by atoms with Gasteiger partial charge >= 0.3 is 6.18 Å². The molecule has 2 aromatic heterocycles. The van der Waals surface area contributed by atoms with Crippen molar-refractivity contribution in [2.45, 2.75) is 32.7 Å². The van der Waals surface area contributed by atoms with E-state index in [4.69, 9.17) is 21.1 Å². The number of rotatable bonds is 6. The van der Waals surface area contributed by atoms with E-state index in [9.17, 15) is 13.2 Å². The molecule has 0 radical (unpaired) electrons. The lowest BCUT2D eigenvalue weighted by molar-refractivity contribution is -0.140. The van der Waals surface area contributed by atoms with Crippen molar-refractivity contribution in [1.82, 2.24) is 19.5 Å². The average Bonchev–Trinajstić information content (AvgIpc) is 3.13. The number of nitrogens with zero attached hydrogens (tertiary/aromatic N) is 4. The molecule has 154 valence electrons. The van der Waals surface area contributed by atoms with Crippen molar-refractivity contribution in [3.63, 3.8) is 0 Å². The van der Waals surface area contributed by atoms with Crippen LogP contribution in [0.15, 0.2) is 36.7 Å². The second-order valence-electron chi connectivity index (χ2n) is 6.45. The number of hydrogen-bond donors (Lipinski definition) is 0. The summed E-state index contributed by atoms with van der Waals surface area (Å²) < 4.78 is 51.4. The summed E-state index contributed by atoms with van der Waals surface area (Å²) in [6.45, 7) is 3.76. The van der Waals surface area contributed by atoms with Crippen LogP contribution < -0.4 is 9.47 Å². The molecule has 0 aliphatic carbocycles. The van der Waals surface area contributed by atoms with Gasteiger partial charge in [-0.05, 0) is 31.0 Å². The van der Waals surface area contributed by atoms with Gasteiger partial charge in [0.15, 0.2) is 11.4 Å². The lowest BCUT2D eigenvalue weighted by atomic mass is 10.1. The Morgan fingerprint density at radius 1 is 1.14 bits per heavy atom. The Balaban J connectivity index is 1.81. The van der Waals surface area contributed by atoms with E-state index >= 15 is 0 Å². The van der Waals surface area contributed by atoms with Gasteiger partial charge in [-0.15, -0.1) is 0 Å². The second kappa shape index (κ2) is 8.28. The van der Waals surface area contributed by atoms with Crippen LogP contribution in [-0.4, -0.2) is 26.6 Å². The van der Waals surface area contributed by atoms with Crippen LogP contribution in [-0.2, 0) is 12.8 Å². The highest BCUT2D eigenvalue weighted by Crippen LogP contribution is 2.32. The Kier molecular flexibility index (Phi) is 5.97. The van der Waals surface area contributed by atoms with Gasteiger partial charge in [-0.3, -0.25) is 0 Å². The largest absolute Gasteiger partial charge is 0.490 e. The Morgan fingerprint density at radius 3 is 2.41 bits per heavy atom. The molecule has 29 heavy (non-hydrogen) atoms. The maximum Gasteiger partial charge on any atom is 0.434 e. The molecule has 3 rings (SSSR count). The predicted octanol–water partition coefficient (Wildman–Crippen LogP) is 5.18. The minimum Gasteiger partial charge on any atom is -0.490 e. The standard InChI is InChI=1S/C19H18ClF3N4O2/c1-11(2)27-9-15(19(21,22)23)25-16(27)13-6-4-12(5-7-13)10-29-17-14(28-3)8-24-18(20)26-17/h4-9,11H,10H2,1-3H3. The van der Waals surface area contributed by atoms with Gasteiger partial charge in [0, 0.05) is 17.8 Å². The molecule has 0 saturated carbocycles. The van der Waals surface area contributed by atoms with Crippen LogP contribution in [0.5, 0.6) is 11.6 Å². The van der Waals surface area contributed by atoms with Gasteiger partial charge in [0.2, 0.25) is 5.28 Å². The molecule has 0 saturated heterocycles. The van der Waals surface area contributed by atoms with E-state index in [1.807, 2.05) is 0 Å². The van der Waals surface area contributed by atoms with Gasteiger partial charge in [-0.1, -0.05) is 24.3 Å². The summed E-state index contributed by atoms with van der Waals surface area (Å²) in [4.78, 5) is 11.6. The molecular formula is C19H18ClF3N4O2. The third-order valence-electron chi connectivity index (χ3n) is 4.08. The normalized spacial score (nSPS) is 11.7. The predicted molar refractivity (Wildman–Crippen MR) is 101 cm³/mol. The molecule has 0 unspecified atom stereocenters. The van der Waals surface area contributed by atoms with E-state index in [1.165, 1.54) is 17.9 Å². The van der Waals surface area contributed by atoms with Crippen molar-refractivity contribution in [2.75, 3.05) is 7.11 Å². The lowest BCUT2D eigenvalue weighted by Gasteiger charge is -2.12. The molecule has 0 aliphatic rings. The van der Waals surface area contributed by atoms with E-state index in [0.717, 1.165) is 11.8 Å². The van der Waals surface area contributed by atoms with Crippen molar-refractivity contribution in [3.05, 3.63) is 53.2 Å². The Hall–Kier alpha value is -2.81. The number of imidazole rings is 1. The molecule has 3 aromatic rings. The maximum atomic E-state index is 13.1. The van der Waals surface area contributed by atoms with Crippen LogP contribution in [0.2, 0.25) is 5.28 Å². The lowest BCUT2D eigenvalue weighted by Crippen LogP contribution is -2.05. The van der Waals surface area contributed by atoms with Gasteiger partial charge in [0.25, 0.3) is 5.88 Å². The molecule has 6 nitrogen and oxygen atoms in total. The molecule has 0 spiro atoms. The summed E-state index contributed by atoms with van der Waals surface area (Å²) in [5, 5.41) is 0.0251. The first-order valence-electron chi connectivity index (χ1n) is 8.63. The van der Waals surface area contributed by atoms with Crippen LogP contribution >= 0.6 is 11.6 Å². The molecule has 10 heteroatoms. The van der Waals surface area contributed by atoms with Crippen LogP contribution in [0.1, 0.15) is 31.1 Å². The average molecular weight is 427 g/mol. The third-order valence-corrected chi connectivity index (χ3v) is 4.26. The van der Waals surface area contributed by atoms with E-state index < -0.39 is 11.9 Å². The molecule has 0 N–H and O–H groups in total. The second-order valence-corrected chi connectivity index (χ2v) is 6.78. The molecular weight excluding hydrogens is 409 g/mol. The highest BCUT2D eigenvalue weighted by atomic mass is 35.5. The van der Waals surface area contributed by atoms with Crippen LogP contribution in [0, 0.1) is 0 Å². The molecule has 0 amide bonds. The monoisotopic (exact) mass is 426 g/mol. The van der Waals surface area contributed by atoms with Crippen LogP contribution in [0.25, 0.3) is 11.4 Å². The first kappa shape index (κ1) is 20.9. The zero-order valence-corrected chi connectivity index (χ0v) is 16.6. The fourth-order valence-corrected chi connectivity index (χ4v) is 2.74. The van der Waals surface area contributed by atoms with Crippen molar-refractivity contribution in [1.29, 1.82) is 0 Å². The molecule has 2 heterocycles. The van der Waals surface area contributed by atoms with E-state index in [1.54, 1.807) is 38.1 Å². The topological polar surface area (TPSA) is 62.1 Å². The van der Waals surface area contributed by atoms with Crippen LogP contribution in [0.4, 0.5) is 13.2 Å². The maximum absolute atomic E-state index is 13.1. The van der Waals surface area contributed by atoms with Gasteiger partial charge in [0.05, 0.1) is 13.3 Å². The van der Waals surface area contributed by atoms with Gasteiger partial charge in [-0.2, -0.15) is 18.2 Å². The van der Waals surface area contributed by atoms with Crippen molar-refractivity contribution >= 4 is 11.6 Å². The number of methoxy groups -OCH3 is 1. The number of alkyl halides is 3. The van der Waals surface area contributed by atoms with Gasteiger partial charge in [-0.25, -0.2) is 9.97 Å². The summed E-state index contributed by atoms with van der Waals surface area (Å²) in [6.07, 6.45) is -2.07. The summed E-state index contributed by atoms with van der Waals surface area (Å²) in [5.74, 6) is 0.787. The van der Waals surface area contributed by atoms with Gasteiger partial charge < -0.3 is 14.0 Å². The summed E-state index contributed by atoms with van der Waals surface area (Å²) in [6, 6.07) is 6.72. The first-order valence-corrected chi connectivity index (χ1v) is 9.01. The summed E-state index contributed by atoms with van der Waals surface area (Å²) in [5.41, 5.74) is 0.436. The highest BCUT2D eigenvalue weighted by molar-refractivity contribution is 6.28. The highest BCUT2D eigenvalue weighted by Gasteiger charge is 2.35. The van der Waals surface area contributed by atoms with E-state index in [-0.39, 0.29) is 29.6 Å². The quantitative estimate of drug-likeness (QED) is 0.508. The van der Waals surface area contributed by atoms with Crippen LogP contribution in [0.3, 0.4) is 0 Å². The Bertz CT molecular complexity index is 988. The molecule has 0 aliphatic heterocycles. The SMILES string of the molecule is COc1cnc(Cl)nc1OCc1ccc(-c2nc(C(F)(F)F)cn2C(C)C)cc1. The Labute approximate surface area is 170 Å². The minimum atomic E-state index is -4.50. The molecule has 1 aromatic carbocycles. The first-order chi connectivity index (χ1) is 13.7. The smallest absolute Gasteiger partial charge is 0.434 e. The number of hydrogen-bond acceptors (Lipinski definition) is 5. The van der Waals surface area contributed by atoms with Crippen molar-refractivity contribution in [2.24, 2.45) is 0 Å². The van der Waals surface area contributed by atoms with Gasteiger partial charge in [0.1, 0.15) is 12.4 Å². The molecule has 0 bridgehead atoms. The minimum absolute atomic E-state index is 0.0251. The van der Waals surface area contributed by atoms with E-state index in [2.05, 4.69) is 15.0 Å². The Morgan fingerprint density at radius 2 is 1.83 bits per heavy atom. The zero-order chi connectivity index (χ0) is 21.2. The zero-order valence-electron chi connectivity index (χ0n) is 15.9. The summed E-state index contributed by atoms with van der Waals surface area (Å²) in [7, 11) is 1.46. The number of benzene rings is 1. The van der Waals surface area contributed by atoms with E-state index in [0.29, 0.717) is 11.3 Å². The fraction of sp³-hybridized carbons (Fsp3) is 0.316. The van der Waals surface area contributed by atoms with Crippen molar-refractivity contribution < 1.29 is 22.6 Å². The fourth-order valence-electron chi connectivity index (χ4n) is 2.62. The van der Waals surface area contributed by atoms with Crippen molar-refractivity contribution in [3.8, 4) is 23.0 Å².